The topological polar surface area (TPSA) is 71.8 Å². The van der Waals surface area contributed by atoms with Crippen molar-refractivity contribution >= 4 is 11.7 Å². The molecule has 0 bridgehead atoms. The van der Waals surface area contributed by atoms with Crippen LogP contribution in [0.25, 0.3) is 11.4 Å². The molecule has 0 spiro atoms. The minimum atomic E-state index is -0.150. The Kier molecular flexibility index (Phi) is 3.14. The minimum absolute atomic E-state index is 0.150. The second-order valence-electron chi connectivity index (χ2n) is 5.24. The first-order valence-electron chi connectivity index (χ1n) is 6.65. The molecule has 2 aromatic rings. The first-order chi connectivity index (χ1) is 9.61. The van der Waals surface area contributed by atoms with Crippen LogP contribution in [0.2, 0.25) is 0 Å². The molecule has 1 aromatic carbocycles. The molecule has 0 saturated heterocycles. The van der Waals surface area contributed by atoms with E-state index in [1.165, 1.54) is 0 Å². The molecule has 104 valence electrons. The van der Waals surface area contributed by atoms with Gasteiger partial charge in [0, 0.05) is 24.3 Å². The smallest absolute Gasteiger partial charge is 0.319 e. The van der Waals surface area contributed by atoms with Crippen molar-refractivity contribution in [2.45, 2.75) is 19.4 Å². The average Bonchev–Trinajstić information content (AvgIpc) is 2.93. The monoisotopic (exact) mass is 271 g/mol. The number of carbonyl (C=O) groups is 1. The van der Waals surface area contributed by atoms with Gasteiger partial charge in [0.1, 0.15) is 6.33 Å². The van der Waals surface area contributed by atoms with Gasteiger partial charge in [-0.2, -0.15) is 5.10 Å². The molecule has 2 atom stereocenters. The number of hydrogen-bond donors (Lipinski definition) is 2. The zero-order chi connectivity index (χ0) is 14.1. The van der Waals surface area contributed by atoms with Crippen molar-refractivity contribution < 1.29 is 4.79 Å². The molecule has 0 aliphatic heterocycles. The molecule has 1 aliphatic rings. The predicted molar refractivity (Wildman–Crippen MR) is 76.2 cm³/mol. The third-order valence-corrected chi connectivity index (χ3v) is 3.43. The van der Waals surface area contributed by atoms with E-state index in [4.69, 9.17) is 0 Å². The largest absolute Gasteiger partial charge is 0.335 e. The standard InChI is InChI=1S/C14H17N5O/c1-9-7-12(9)17-14(20)16-11-5-3-10(4-6-11)13-15-8-19(2)18-13/h3-6,8-9,12H,7H2,1-2H3,(H2,16,17,20)/t9-,12-/m0/s1. The van der Waals surface area contributed by atoms with Crippen LogP contribution in [0.5, 0.6) is 0 Å². The van der Waals surface area contributed by atoms with Gasteiger partial charge in [-0.15, -0.1) is 0 Å². The lowest BCUT2D eigenvalue weighted by molar-refractivity contribution is 0.251. The molecule has 3 rings (SSSR count). The Morgan fingerprint density at radius 2 is 2.05 bits per heavy atom. The molecule has 1 aliphatic carbocycles. The highest BCUT2D eigenvalue weighted by atomic mass is 16.2. The number of carbonyl (C=O) groups excluding carboxylic acids is 1. The van der Waals surface area contributed by atoms with Gasteiger partial charge in [-0.05, 0) is 36.6 Å². The normalized spacial score (nSPS) is 20.5. The van der Waals surface area contributed by atoms with Crippen molar-refractivity contribution in [3.8, 4) is 11.4 Å². The number of aryl methyl sites for hydroxylation is 1. The van der Waals surface area contributed by atoms with Gasteiger partial charge in [-0.3, -0.25) is 4.68 Å². The second kappa shape index (κ2) is 4.96. The molecule has 0 unspecified atom stereocenters. The van der Waals surface area contributed by atoms with Crippen molar-refractivity contribution in [2.75, 3.05) is 5.32 Å². The molecule has 1 heterocycles. The summed E-state index contributed by atoms with van der Waals surface area (Å²) in [6.07, 6.45) is 2.73. The van der Waals surface area contributed by atoms with E-state index in [-0.39, 0.29) is 6.03 Å². The Labute approximate surface area is 117 Å². The van der Waals surface area contributed by atoms with E-state index in [9.17, 15) is 4.79 Å². The molecule has 20 heavy (non-hydrogen) atoms. The van der Waals surface area contributed by atoms with Crippen LogP contribution in [0.4, 0.5) is 10.5 Å². The summed E-state index contributed by atoms with van der Waals surface area (Å²) >= 11 is 0. The number of hydrogen-bond acceptors (Lipinski definition) is 3. The Bertz CT molecular complexity index is 619. The van der Waals surface area contributed by atoms with Crippen molar-refractivity contribution in [1.29, 1.82) is 0 Å². The summed E-state index contributed by atoms with van der Waals surface area (Å²) in [5.41, 5.74) is 1.68. The van der Waals surface area contributed by atoms with Gasteiger partial charge in [0.2, 0.25) is 0 Å². The summed E-state index contributed by atoms with van der Waals surface area (Å²) in [7, 11) is 1.83. The molecule has 1 saturated carbocycles. The number of anilines is 1. The van der Waals surface area contributed by atoms with Gasteiger partial charge >= 0.3 is 6.03 Å². The first kappa shape index (κ1) is 12.7. The van der Waals surface area contributed by atoms with Crippen LogP contribution in [0.15, 0.2) is 30.6 Å². The van der Waals surface area contributed by atoms with Crippen LogP contribution in [0.1, 0.15) is 13.3 Å². The summed E-state index contributed by atoms with van der Waals surface area (Å²) in [4.78, 5) is 15.9. The van der Waals surface area contributed by atoms with Crippen molar-refractivity contribution in [1.82, 2.24) is 20.1 Å². The number of rotatable bonds is 3. The van der Waals surface area contributed by atoms with Crippen LogP contribution in [0.3, 0.4) is 0 Å². The van der Waals surface area contributed by atoms with Gasteiger partial charge in [-0.25, -0.2) is 9.78 Å². The van der Waals surface area contributed by atoms with Crippen molar-refractivity contribution in [2.24, 2.45) is 13.0 Å². The van der Waals surface area contributed by atoms with Gasteiger partial charge in [-0.1, -0.05) is 6.92 Å². The highest BCUT2D eigenvalue weighted by Crippen LogP contribution is 2.29. The zero-order valence-electron chi connectivity index (χ0n) is 11.5. The van der Waals surface area contributed by atoms with Crippen LogP contribution in [-0.4, -0.2) is 26.8 Å². The highest BCUT2D eigenvalue weighted by molar-refractivity contribution is 5.89. The Morgan fingerprint density at radius 1 is 1.35 bits per heavy atom. The summed E-state index contributed by atoms with van der Waals surface area (Å²) in [6, 6.07) is 7.66. The average molecular weight is 271 g/mol. The first-order valence-corrected chi connectivity index (χ1v) is 6.65. The van der Waals surface area contributed by atoms with Crippen LogP contribution < -0.4 is 10.6 Å². The summed E-state index contributed by atoms with van der Waals surface area (Å²) in [5.74, 6) is 1.27. The Balaban J connectivity index is 1.62. The van der Waals surface area contributed by atoms with E-state index in [0.29, 0.717) is 17.8 Å². The molecule has 0 radical (unpaired) electrons. The van der Waals surface area contributed by atoms with Crippen LogP contribution >= 0.6 is 0 Å². The number of benzene rings is 1. The van der Waals surface area contributed by atoms with E-state index in [1.54, 1.807) is 11.0 Å². The molecule has 1 aromatic heterocycles. The van der Waals surface area contributed by atoms with Crippen molar-refractivity contribution in [3.05, 3.63) is 30.6 Å². The fourth-order valence-electron chi connectivity index (χ4n) is 2.03. The van der Waals surface area contributed by atoms with Crippen LogP contribution in [0, 0.1) is 5.92 Å². The third kappa shape index (κ3) is 2.79. The van der Waals surface area contributed by atoms with Crippen LogP contribution in [-0.2, 0) is 7.05 Å². The molecular weight excluding hydrogens is 254 g/mol. The van der Waals surface area contributed by atoms with E-state index in [0.717, 1.165) is 17.7 Å². The lowest BCUT2D eigenvalue weighted by Crippen LogP contribution is -2.31. The number of nitrogens with zero attached hydrogens (tertiary/aromatic N) is 3. The third-order valence-electron chi connectivity index (χ3n) is 3.43. The maximum atomic E-state index is 11.7. The SMILES string of the molecule is C[C@H]1C[C@@H]1NC(=O)Nc1ccc(-c2ncn(C)n2)cc1. The van der Waals surface area contributed by atoms with Gasteiger partial charge in [0.25, 0.3) is 0 Å². The summed E-state index contributed by atoms with van der Waals surface area (Å²) < 4.78 is 1.66. The minimum Gasteiger partial charge on any atom is -0.335 e. The fourth-order valence-corrected chi connectivity index (χ4v) is 2.03. The lowest BCUT2D eigenvalue weighted by Gasteiger charge is -2.07. The number of amides is 2. The Hall–Kier alpha value is -2.37. The second-order valence-corrected chi connectivity index (χ2v) is 5.24. The fraction of sp³-hybridized carbons (Fsp3) is 0.357. The summed E-state index contributed by atoms with van der Waals surface area (Å²) in [5, 5.41) is 9.98. The number of nitrogens with one attached hydrogen (secondary N) is 2. The maximum absolute atomic E-state index is 11.7. The lowest BCUT2D eigenvalue weighted by atomic mass is 10.2. The van der Waals surface area contributed by atoms with Gasteiger partial charge in [0.15, 0.2) is 5.82 Å². The maximum Gasteiger partial charge on any atom is 0.319 e. The van der Waals surface area contributed by atoms with E-state index < -0.39 is 0 Å². The summed E-state index contributed by atoms with van der Waals surface area (Å²) in [6.45, 7) is 2.12. The molecule has 6 nitrogen and oxygen atoms in total. The zero-order valence-corrected chi connectivity index (χ0v) is 11.5. The quantitative estimate of drug-likeness (QED) is 0.897. The van der Waals surface area contributed by atoms with E-state index in [2.05, 4.69) is 27.6 Å². The van der Waals surface area contributed by atoms with Gasteiger partial charge in [0.05, 0.1) is 0 Å². The van der Waals surface area contributed by atoms with Gasteiger partial charge < -0.3 is 10.6 Å². The molecule has 6 heteroatoms. The Morgan fingerprint density at radius 3 is 2.60 bits per heavy atom. The molecule has 2 amide bonds. The molecular formula is C14H17N5O. The number of aromatic nitrogens is 3. The highest BCUT2D eigenvalue weighted by Gasteiger charge is 2.33. The van der Waals surface area contributed by atoms with Crippen molar-refractivity contribution in [3.63, 3.8) is 0 Å². The number of urea groups is 1. The predicted octanol–water partition coefficient (Wildman–Crippen LogP) is 2.01. The van der Waals surface area contributed by atoms with E-state index >= 15 is 0 Å². The van der Waals surface area contributed by atoms with E-state index in [1.807, 2.05) is 31.3 Å². The molecule has 1 fully saturated rings. The molecule has 2 N–H and O–H groups in total.